The minimum Gasteiger partial charge on any atom is -0.481 e. The molecule has 0 radical (unpaired) electrons. The lowest BCUT2D eigenvalue weighted by molar-refractivity contribution is -0.141. The Balaban J connectivity index is -0.000000188. The van der Waals surface area contributed by atoms with E-state index in [2.05, 4.69) is 20.7 Å². The lowest BCUT2D eigenvalue weighted by atomic mass is 10.5. The Morgan fingerprint density at radius 2 is 1.65 bits per heavy atom. The fourth-order valence-corrected chi connectivity index (χ4v) is 0.215. The fraction of sp³-hybridized carbons (Fsp3) is 0.600. The van der Waals surface area contributed by atoms with Crippen LogP contribution in [0.2, 0.25) is 0 Å². The summed E-state index contributed by atoms with van der Waals surface area (Å²) >= 11 is 2.89. The van der Waals surface area contributed by atoms with Gasteiger partial charge in [-0.05, 0) is 0 Å². The highest BCUT2D eigenvalue weighted by Gasteiger charge is 1.93. The summed E-state index contributed by atoms with van der Waals surface area (Å²) in [4.78, 5) is 19.6. The maximum absolute atomic E-state index is 10.2. The predicted molar refractivity (Wildman–Crippen MR) is 64.2 cm³/mol. The summed E-state index contributed by atoms with van der Waals surface area (Å²) in [5.41, 5.74) is 0. The zero-order chi connectivity index (χ0) is 14.1. The highest BCUT2D eigenvalue weighted by Crippen LogP contribution is 1.80. The average Bonchev–Trinajstić information content (AvgIpc) is 2.36. The second-order valence-corrected chi connectivity index (χ2v) is 2.77. The number of halogens is 1. The first-order valence-corrected chi connectivity index (χ1v) is 5.79. The van der Waals surface area contributed by atoms with E-state index in [0.717, 1.165) is 0 Å². The summed E-state index contributed by atoms with van der Waals surface area (Å²) < 4.78 is 4.34. The molecule has 0 rings (SSSR count). The average molecular weight is 307 g/mol. The van der Waals surface area contributed by atoms with Gasteiger partial charge in [-0.2, -0.15) is 10.5 Å². The summed E-state index contributed by atoms with van der Waals surface area (Å²) in [7, 11) is 0. The number of aliphatic carboxylic acids is 1. The number of hydrogen-bond acceptors (Lipinski definition) is 5. The highest BCUT2D eigenvalue weighted by molar-refractivity contribution is 9.09. The van der Waals surface area contributed by atoms with E-state index in [0.29, 0.717) is 11.8 Å². The van der Waals surface area contributed by atoms with Gasteiger partial charge in [0.25, 0.3) is 0 Å². The maximum atomic E-state index is 10.2. The van der Waals surface area contributed by atoms with Gasteiger partial charge < -0.3 is 9.84 Å². The van der Waals surface area contributed by atoms with Crippen molar-refractivity contribution in [3.05, 3.63) is 0 Å². The van der Waals surface area contributed by atoms with Gasteiger partial charge in [0, 0.05) is 12.8 Å². The van der Waals surface area contributed by atoms with E-state index in [1.165, 1.54) is 0 Å². The molecule has 0 saturated heterocycles. The Bertz CT molecular complexity index is 281. The van der Waals surface area contributed by atoms with Crippen molar-refractivity contribution in [3.8, 4) is 12.1 Å². The molecular formula is C10H15BrN2O4. The van der Waals surface area contributed by atoms with Gasteiger partial charge in [0.15, 0.2) is 6.61 Å². The maximum Gasteiger partial charge on any atom is 0.306 e. The van der Waals surface area contributed by atoms with Crippen LogP contribution >= 0.6 is 15.9 Å². The Labute approximate surface area is 109 Å². The minimum absolute atomic E-state index is 0.132. The summed E-state index contributed by atoms with van der Waals surface area (Å²) in [6, 6.07) is 3.54. The molecule has 1 N–H and O–H groups in total. The van der Waals surface area contributed by atoms with E-state index in [9.17, 15) is 9.59 Å². The first kappa shape index (κ1) is 20.8. The molecule has 0 unspecified atom stereocenters. The summed E-state index contributed by atoms with van der Waals surface area (Å²) in [6.07, 6.45) is 0.557. The molecule has 0 spiro atoms. The van der Waals surface area contributed by atoms with Crippen molar-refractivity contribution < 1.29 is 19.4 Å². The molecule has 0 atom stereocenters. The third-order valence-corrected chi connectivity index (χ3v) is 1.20. The molecule has 0 bridgehead atoms. The summed E-state index contributed by atoms with van der Waals surface area (Å²) in [6.45, 7) is 3.15. The number of carbonyl (C=O) groups is 2. The normalized spacial score (nSPS) is 6.88. The van der Waals surface area contributed by atoms with E-state index < -0.39 is 5.97 Å². The quantitative estimate of drug-likeness (QED) is 0.629. The summed E-state index contributed by atoms with van der Waals surface area (Å²) in [5, 5.41) is 23.6. The van der Waals surface area contributed by atoms with Gasteiger partial charge in [0.05, 0.1) is 11.4 Å². The molecule has 0 amide bonds. The Kier molecular flexibility index (Phi) is 24.3. The van der Waals surface area contributed by atoms with Gasteiger partial charge in [-0.25, -0.2) is 0 Å². The van der Waals surface area contributed by atoms with Crippen LogP contribution in [0.3, 0.4) is 0 Å². The molecular weight excluding hydrogens is 292 g/mol. The number of nitrogens with zero attached hydrogens (tertiary/aromatic N) is 2. The van der Waals surface area contributed by atoms with Gasteiger partial charge in [-0.1, -0.05) is 29.8 Å². The molecule has 0 aliphatic rings. The standard InChI is InChI=1S/C5H7NO2.C3H6O2.C2H2BrN/c1-2-5(7)8-4-3-6;1-2-3(4)5;3-1-2-4/h2,4H2,1H3;2H2,1H3,(H,4,5);1H2. The smallest absolute Gasteiger partial charge is 0.306 e. The molecule has 0 fully saturated rings. The van der Waals surface area contributed by atoms with Crippen LogP contribution in [0.1, 0.15) is 26.7 Å². The zero-order valence-corrected chi connectivity index (χ0v) is 11.4. The number of hydrogen-bond donors (Lipinski definition) is 1. The predicted octanol–water partition coefficient (Wildman–Crippen LogP) is 1.85. The van der Waals surface area contributed by atoms with E-state index in [1.54, 1.807) is 19.9 Å². The molecule has 0 aromatic heterocycles. The van der Waals surface area contributed by atoms with Crippen LogP contribution in [0.5, 0.6) is 0 Å². The SMILES string of the molecule is CCC(=O)O.CCC(=O)OCC#N.N#CCBr. The first-order valence-electron chi connectivity index (χ1n) is 4.67. The van der Waals surface area contributed by atoms with Crippen molar-refractivity contribution in [1.29, 1.82) is 10.5 Å². The largest absolute Gasteiger partial charge is 0.481 e. The van der Waals surface area contributed by atoms with Gasteiger partial charge in [0.1, 0.15) is 6.07 Å². The second-order valence-electron chi connectivity index (χ2n) is 2.21. The number of ether oxygens (including phenoxy) is 1. The van der Waals surface area contributed by atoms with Crippen LogP contribution < -0.4 is 0 Å². The van der Waals surface area contributed by atoms with Crippen molar-refractivity contribution in [3.63, 3.8) is 0 Å². The van der Waals surface area contributed by atoms with Gasteiger partial charge in [0.2, 0.25) is 0 Å². The summed E-state index contributed by atoms with van der Waals surface area (Å²) in [5.74, 6) is -1.07. The number of carbonyl (C=O) groups excluding carboxylic acids is 1. The van der Waals surface area contributed by atoms with E-state index >= 15 is 0 Å². The van der Waals surface area contributed by atoms with E-state index in [-0.39, 0.29) is 19.0 Å². The number of rotatable bonds is 3. The third-order valence-electron chi connectivity index (χ3n) is 0.949. The molecule has 0 aliphatic carbocycles. The Morgan fingerprint density at radius 3 is 1.82 bits per heavy atom. The van der Waals surface area contributed by atoms with Crippen LogP contribution in [-0.4, -0.2) is 29.0 Å². The Morgan fingerprint density at radius 1 is 1.24 bits per heavy atom. The Hall–Kier alpha value is -1.60. The monoisotopic (exact) mass is 306 g/mol. The molecule has 96 valence electrons. The second kappa shape index (κ2) is 19.9. The first-order chi connectivity index (χ1) is 7.99. The van der Waals surface area contributed by atoms with Gasteiger partial charge >= 0.3 is 11.9 Å². The van der Waals surface area contributed by atoms with Crippen LogP contribution in [0.25, 0.3) is 0 Å². The minimum atomic E-state index is -0.745. The topological polar surface area (TPSA) is 111 Å². The van der Waals surface area contributed by atoms with E-state index in [4.69, 9.17) is 15.6 Å². The van der Waals surface area contributed by atoms with E-state index in [1.807, 2.05) is 6.07 Å². The number of carboxylic acids is 1. The molecule has 6 nitrogen and oxygen atoms in total. The molecule has 7 heteroatoms. The van der Waals surface area contributed by atoms with Crippen LogP contribution in [0, 0.1) is 22.7 Å². The lowest BCUT2D eigenvalue weighted by Crippen LogP contribution is -2.01. The van der Waals surface area contributed by atoms with Crippen molar-refractivity contribution >= 4 is 27.9 Å². The molecule has 17 heavy (non-hydrogen) atoms. The van der Waals surface area contributed by atoms with Crippen LogP contribution in [0.4, 0.5) is 0 Å². The molecule has 0 aromatic rings. The van der Waals surface area contributed by atoms with Gasteiger partial charge in [-0.15, -0.1) is 0 Å². The van der Waals surface area contributed by atoms with Crippen molar-refractivity contribution in [1.82, 2.24) is 0 Å². The highest BCUT2D eigenvalue weighted by atomic mass is 79.9. The van der Waals surface area contributed by atoms with Crippen molar-refractivity contribution in [2.24, 2.45) is 0 Å². The van der Waals surface area contributed by atoms with Crippen LogP contribution in [0.15, 0.2) is 0 Å². The number of nitriles is 2. The number of carboxylic acid groups (broad SMARTS) is 1. The molecule has 0 saturated carbocycles. The lowest BCUT2D eigenvalue weighted by Gasteiger charge is -1.92. The molecule has 0 heterocycles. The van der Waals surface area contributed by atoms with Crippen molar-refractivity contribution in [2.75, 3.05) is 11.9 Å². The van der Waals surface area contributed by atoms with Gasteiger partial charge in [-0.3, -0.25) is 9.59 Å². The third kappa shape index (κ3) is 40.4. The molecule has 0 aliphatic heterocycles. The van der Waals surface area contributed by atoms with Crippen LogP contribution in [-0.2, 0) is 14.3 Å². The number of alkyl halides is 1. The van der Waals surface area contributed by atoms with Crippen molar-refractivity contribution in [2.45, 2.75) is 26.7 Å². The number of esters is 1. The fourth-order valence-electron chi connectivity index (χ4n) is 0.215. The molecule has 0 aromatic carbocycles. The zero-order valence-electron chi connectivity index (χ0n) is 9.77.